The molecule has 0 saturated carbocycles. The van der Waals surface area contributed by atoms with Gasteiger partial charge in [0.15, 0.2) is 11.7 Å². The summed E-state index contributed by atoms with van der Waals surface area (Å²) >= 11 is 8.55. The molecule has 8 heteroatoms. The molecule has 0 radical (unpaired) electrons. The molecule has 6 nitrogen and oxygen atoms in total. The van der Waals surface area contributed by atoms with Gasteiger partial charge in [0.1, 0.15) is 5.75 Å². The zero-order valence-corrected chi connectivity index (χ0v) is 18.9. The Hall–Kier alpha value is -2.45. The Labute approximate surface area is 184 Å². The monoisotopic (exact) mass is 477 g/mol. The molecular weight excluding hydrogens is 454 g/mol. The van der Waals surface area contributed by atoms with Gasteiger partial charge in [0.25, 0.3) is 5.91 Å². The molecule has 0 fully saturated rings. The van der Waals surface area contributed by atoms with E-state index in [2.05, 4.69) is 45.9 Å². The van der Waals surface area contributed by atoms with Gasteiger partial charge < -0.3 is 4.74 Å². The van der Waals surface area contributed by atoms with Gasteiger partial charge in [-0.1, -0.05) is 60.1 Å². The fourth-order valence-corrected chi connectivity index (χ4v) is 3.06. The van der Waals surface area contributed by atoms with E-state index in [9.17, 15) is 9.59 Å². The van der Waals surface area contributed by atoms with Gasteiger partial charge in [-0.05, 0) is 53.9 Å². The van der Waals surface area contributed by atoms with Gasteiger partial charge in [-0.2, -0.15) is 0 Å². The number of aryl methyl sites for hydroxylation is 1. The van der Waals surface area contributed by atoms with Crippen molar-refractivity contribution in [3.05, 3.63) is 63.6 Å². The van der Waals surface area contributed by atoms with Gasteiger partial charge in [-0.25, -0.2) is 0 Å². The summed E-state index contributed by atoms with van der Waals surface area (Å²) in [5, 5.41) is 2.47. The average Bonchev–Trinajstić information content (AvgIpc) is 2.67. The van der Waals surface area contributed by atoms with E-state index in [1.54, 1.807) is 0 Å². The van der Waals surface area contributed by atoms with Crippen molar-refractivity contribution in [2.45, 2.75) is 33.1 Å². The van der Waals surface area contributed by atoms with Crippen LogP contribution in [0.4, 0.5) is 0 Å². The molecule has 0 aromatic heterocycles. The number of halogens is 1. The Balaban J connectivity index is 1.80. The Morgan fingerprint density at radius 2 is 1.79 bits per heavy atom. The molecule has 0 atom stereocenters. The average molecular weight is 478 g/mol. The number of hydrogen-bond acceptors (Lipinski definition) is 4. The van der Waals surface area contributed by atoms with E-state index < -0.39 is 5.91 Å². The first-order chi connectivity index (χ1) is 13.8. The van der Waals surface area contributed by atoms with Crippen LogP contribution in [0.25, 0.3) is 0 Å². The highest BCUT2D eigenvalue weighted by atomic mass is 79.9. The van der Waals surface area contributed by atoms with Gasteiger partial charge in [-0.15, -0.1) is 0 Å². The molecule has 0 unspecified atom stereocenters. The van der Waals surface area contributed by atoms with Crippen molar-refractivity contribution in [2.75, 3.05) is 6.61 Å². The molecule has 0 saturated heterocycles. The molecule has 0 bridgehead atoms. The summed E-state index contributed by atoms with van der Waals surface area (Å²) in [6.07, 6.45) is 0.203. The number of thiocarbonyl (C=S) groups is 1. The molecule has 0 spiro atoms. The zero-order valence-electron chi connectivity index (χ0n) is 16.5. The first-order valence-corrected chi connectivity index (χ1v) is 10.3. The minimum Gasteiger partial charge on any atom is -0.483 e. The third-order valence-corrected chi connectivity index (χ3v) is 5.11. The molecule has 0 aliphatic heterocycles. The maximum absolute atomic E-state index is 12.1. The second-order valence-electron chi connectivity index (χ2n) is 6.80. The lowest BCUT2D eigenvalue weighted by Crippen LogP contribution is -2.49. The van der Waals surface area contributed by atoms with Gasteiger partial charge in [-0.3, -0.25) is 25.8 Å². The van der Waals surface area contributed by atoms with Crippen LogP contribution in [0.3, 0.4) is 0 Å². The maximum Gasteiger partial charge on any atom is 0.264 e. The van der Waals surface area contributed by atoms with Crippen molar-refractivity contribution >= 4 is 45.1 Å². The van der Waals surface area contributed by atoms with Crippen LogP contribution in [0, 0.1) is 6.92 Å². The fraction of sp³-hybridized carbons (Fsp3) is 0.286. The minimum atomic E-state index is -0.421. The SMILES string of the molecule is Cc1cc(OCC(=O)NC(=S)NNC(=O)Cc2ccccc2)c(C(C)C)cc1Br. The van der Waals surface area contributed by atoms with Crippen molar-refractivity contribution < 1.29 is 14.3 Å². The quantitative estimate of drug-likeness (QED) is 0.438. The van der Waals surface area contributed by atoms with Crippen molar-refractivity contribution in [2.24, 2.45) is 0 Å². The fourth-order valence-electron chi connectivity index (χ4n) is 2.54. The maximum atomic E-state index is 12.1. The summed E-state index contributed by atoms with van der Waals surface area (Å²) in [5.41, 5.74) is 7.87. The van der Waals surface area contributed by atoms with E-state index in [0.29, 0.717) is 5.75 Å². The zero-order chi connectivity index (χ0) is 21.4. The molecule has 2 rings (SSSR count). The number of ether oxygens (including phenoxy) is 1. The molecule has 0 heterocycles. The van der Waals surface area contributed by atoms with Crippen molar-refractivity contribution in [1.82, 2.24) is 16.2 Å². The Kier molecular flexibility index (Phi) is 8.60. The summed E-state index contributed by atoms with van der Waals surface area (Å²) in [6.45, 7) is 5.88. The molecule has 154 valence electrons. The predicted molar refractivity (Wildman–Crippen MR) is 121 cm³/mol. The largest absolute Gasteiger partial charge is 0.483 e. The van der Waals surface area contributed by atoms with Crippen LogP contribution >= 0.6 is 28.1 Å². The lowest BCUT2D eigenvalue weighted by atomic mass is 10.0. The van der Waals surface area contributed by atoms with Crippen LogP contribution in [0.15, 0.2) is 46.9 Å². The van der Waals surface area contributed by atoms with Gasteiger partial charge >= 0.3 is 0 Å². The topological polar surface area (TPSA) is 79.5 Å². The molecule has 2 aromatic rings. The van der Waals surface area contributed by atoms with Crippen molar-refractivity contribution in [3.63, 3.8) is 0 Å². The van der Waals surface area contributed by atoms with Crippen LogP contribution in [-0.2, 0) is 16.0 Å². The van der Waals surface area contributed by atoms with Gasteiger partial charge in [0.2, 0.25) is 5.91 Å². The van der Waals surface area contributed by atoms with E-state index in [-0.39, 0.29) is 30.0 Å². The van der Waals surface area contributed by atoms with Crippen molar-refractivity contribution in [1.29, 1.82) is 0 Å². The normalized spacial score (nSPS) is 10.4. The lowest BCUT2D eigenvalue weighted by molar-refractivity contribution is -0.122. The summed E-state index contributed by atoms with van der Waals surface area (Å²) in [7, 11) is 0. The summed E-state index contributed by atoms with van der Waals surface area (Å²) < 4.78 is 6.69. The Bertz CT molecular complexity index is 888. The van der Waals surface area contributed by atoms with Crippen LogP contribution in [0.1, 0.15) is 36.5 Å². The molecule has 29 heavy (non-hydrogen) atoms. The first-order valence-electron chi connectivity index (χ1n) is 9.11. The van der Waals surface area contributed by atoms with Gasteiger partial charge in [0.05, 0.1) is 6.42 Å². The highest BCUT2D eigenvalue weighted by Crippen LogP contribution is 2.32. The van der Waals surface area contributed by atoms with E-state index in [1.165, 1.54) is 0 Å². The predicted octanol–water partition coefficient (Wildman–Crippen LogP) is 3.52. The highest BCUT2D eigenvalue weighted by Gasteiger charge is 2.13. The van der Waals surface area contributed by atoms with E-state index in [4.69, 9.17) is 17.0 Å². The van der Waals surface area contributed by atoms with E-state index in [0.717, 1.165) is 21.2 Å². The number of nitrogens with one attached hydrogen (secondary N) is 3. The number of hydrogen-bond donors (Lipinski definition) is 3. The standard InChI is InChI=1S/C21H24BrN3O3S/c1-13(2)16-11-17(22)14(3)9-18(16)28-12-20(27)23-21(29)25-24-19(26)10-15-7-5-4-6-8-15/h4-9,11,13H,10,12H2,1-3H3,(H,24,26)(H2,23,25,27,29). The van der Waals surface area contributed by atoms with E-state index >= 15 is 0 Å². The Morgan fingerprint density at radius 3 is 2.45 bits per heavy atom. The van der Waals surface area contributed by atoms with Crippen LogP contribution in [-0.4, -0.2) is 23.5 Å². The number of carbonyl (C=O) groups is 2. The number of rotatable bonds is 6. The molecular formula is C21H24BrN3O3S. The highest BCUT2D eigenvalue weighted by molar-refractivity contribution is 9.10. The first kappa shape index (κ1) is 22.8. The molecule has 3 N–H and O–H groups in total. The molecule has 0 aliphatic carbocycles. The lowest BCUT2D eigenvalue weighted by Gasteiger charge is -2.16. The number of amides is 2. The molecule has 2 amide bonds. The Morgan fingerprint density at radius 1 is 1.10 bits per heavy atom. The van der Waals surface area contributed by atoms with Crippen LogP contribution < -0.4 is 20.9 Å². The van der Waals surface area contributed by atoms with Crippen molar-refractivity contribution in [3.8, 4) is 5.75 Å². The van der Waals surface area contributed by atoms with Gasteiger partial charge in [0, 0.05) is 4.47 Å². The minimum absolute atomic E-state index is 0.00363. The molecule has 0 aliphatic rings. The number of hydrazine groups is 1. The second-order valence-corrected chi connectivity index (χ2v) is 8.06. The third kappa shape index (κ3) is 7.47. The third-order valence-electron chi connectivity index (χ3n) is 4.05. The summed E-state index contributed by atoms with van der Waals surface area (Å²) in [4.78, 5) is 24.0. The van der Waals surface area contributed by atoms with Crippen LogP contribution in [0.5, 0.6) is 5.75 Å². The number of benzene rings is 2. The van der Waals surface area contributed by atoms with E-state index in [1.807, 2.05) is 49.4 Å². The smallest absolute Gasteiger partial charge is 0.264 e. The molecule has 2 aromatic carbocycles. The number of carbonyl (C=O) groups excluding carboxylic acids is 2. The summed E-state index contributed by atoms with van der Waals surface area (Å²) in [5.74, 6) is 0.212. The second kappa shape index (κ2) is 10.9. The summed E-state index contributed by atoms with van der Waals surface area (Å²) in [6, 6.07) is 13.2. The van der Waals surface area contributed by atoms with Crippen LogP contribution in [0.2, 0.25) is 0 Å².